The molecule has 10 nitrogen and oxygen atoms in total. The van der Waals surface area contributed by atoms with Gasteiger partial charge in [-0.1, -0.05) is 6.92 Å². The molecule has 0 radical (unpaired) electrons. The molecule has 1 aliphatic carbocycles. The number of ether oxygens (including phenoxy) is 5. The van der Waals surface area contributed by atoms with Gasteiger partial charge in [-0.2, -0.15) is 0 Å². The van der Waals surface area contributed by atoms with Gasteiger partial charge in [-0.3, -0.25) is 9.69 Å². The minimum Gasteiger partial charge on any atom is -0.497 e. The summed E-state index contributed by atoms with van der Waals surface area (Å²) in [4.78, 5) is 28.8. The zero-order valence-electron chi connectivity index (χ0n) is 23.3. The van der Waals surface area contributed by atoms with Crippen LogP contribution in [0.15, 0.2) is 24.0 Å². The van der Waals surface area contributed by atoms with E-state index < -0.39 is 47.1 Å². The topological polar surface area (TPSA) is 124 Å². The van der Waals surface area contributed by atoms with Crippen LogP contribution in [0.1, 0.15) is 63.5 Å². The molecule has 4 aliphatic rings. The fourth-order valence-electron chi connectivity index (χ4n) is 7.36. The molecule has 3 aliphatic heterocycles. The average Bonchev–Trinajstić information content (AvgIpc) is 3.57. The van der Waals surface area contributed by atoms with Gasteiger partial charge in [0.1, 0.15) is 5.76 Å². The fourth-order valence-corrected chi connectivity index (χ4v) is 7.36. The zero-order chi connectivity index (χ0) is 28.2. The van der Waals surface area contributed by atoms with Gasteiger partial charge in [0.15, 0.2) is 23.2 Å². The highest BCUT2D eigenvalue weighted by molar-refractivity contribution is 5.86. The second-order valence-corrected chi connectivity index (χ2v) is 11.6. The van der Waals surface area contributed by atoms with Gasteiger partial charge < -0.3 is 33.9 Å². The van der Waals surface area contributed by atoms with Crippen LogP contribution in [0.3, 0.4) is 0 Å². The van der Waals surface area contributed by atoms with Crippen molar-refractivity contribution in [1.82, 2.24) is 4.90 Å². The minimum atomic E-state index is -2.33. The Morgan fingerprint density at radius 3 is 2.54 bits per heavy atom. The molecule has 2 unspecified atom stereocenters. The van der Waals surface area contributed by atoms with E-state index in [0.717, 1.165) is 43.5 Å². The second kappa shape index (κ2) is 9.98. The number of esters is 2. The van der Waals surface area contributed by atoms with E-state index in [-0.39, 0.29) is 19.1 Å². The van der Waals surface area contributed by atoms with E-state index in [1.54, 1.807) is 14.0 Å². The molecule has 3 heterocycles. The summed E-state index contributed by atoms with van der Waals surface area (Å²) in [5.41, 5.74) is -2.20. The van der Waals surface area contributed by atoms with Crippen molar-refractivity contribution in [2.24, 2.45) is 5.92 Å². The molecule has 1 fully saturated rings. The Balaban J connectivity index is 1.59. The van der Waals surface area contributed by atoms with Gasteiger partial charge in [-0.25, -0.2) is 4.79 Å². The molecule has 1 aromatic carbocycles. The molecule has 0 bridgehead atoms. The summed E-state index contributed by atoms with van der Waals surface area (Å²) in [5, 5.41) is 22.7. The van der Waals surface area contributed by atoms with Crippen LogP contribution >= 0.6 is 0 Å². The Morgan fingerprint density at radius 1 is 1.18 bits per heavy atom. The molecule has 39 heavy (non-hydrogen) atoms. The third-order valence-electron chi connectivity index (χ3n) is 9.03. The lowest BCUT2D eigenvalue weighted by Crippen LogP contribution is -2.57. The van der Waals surface area contributed by atoms with Gasteiger partial charge in [0.25, 0.3) is 0 Å². The summed E-state index contributed by atoms with van der Waals surface area (Å²) in [6.07, 6.45) is 3.38. The number of nitrogens with zero attached hydrogens (tertiary/aromatic N) is 1. The predicted molar refractivity (Wildman–Crippen MR) is 139 cm³/mol. The normalized spacial score (nSPS) is 27.8. The maximum absolute atomic E-state index is 14.0. The number of hydrogen-bond donors (Lipinski definition) is 2. The van der Waals surface area contributed by atoms with Crippen molar-refractivity contribution >= 4 is 11.9 Å². The molecule has 2 N–H and O–H groups in total. The van der Waals surface area contributed by atoms with Gasteiger partial charge in [0.2, 0.25) is 6.79 Å². The molecule has 5 atom stereocenters. The number of fused-ring (bicyclic) bond motifs is 3. The number of methoxy groups -OCH3 is 2. The Hall–Kier alpha value is -2.82. The first-order valence-electron chi connectivity index (χ1n) is 13.7. The van der Waals surface area contributed by atoms with Crippen LogP contribution in [-0.2, 0) is 30.2 Å². The lowest BCUT2D eigenvalue weighted by Gasteiger charge is -2.42. The molecule has 1 aromatic rings. The van der Waals surface area contributed by atoms with Crippen LogP contribution in [0.25, 0.3) is 0 Å². The van der Waals surface area contributed by atoms with Crippen LogP contribution in [0.5, 0.6) is 11.5 Å². The maximum Gasteiger partial charge on any atom is 0.339 e. The van der Waals surface area contributed by atoms with E-state index >= 15 is 0 Å². The third kappa shape index (κ3) is 4.46. The molecule has 0 amide bonds. The quantitative estimate of drug-likeness (QED) is 0.471. The van der Waals surface area contributed by atoms with Crippen LogP contribution in [0.2, 0.25) is 0 Å². The van der Waals surface area contributed by atoms with Gasteiger partial charge in [0, 0.05) is 12.5 Å². The Bertz CT molecular complexity index is 1170. The highest BCUT2D eigenvalue weighted by Gasteiger charge is 2.60. The molecule has 214 valence electrons. The lowest BCUT2D eigenvalue weighted by molar-refractivity contribution is -0.195. The SMILES string of the molecule is CCC(C(C)(C)O)[C@@](O)(CC(=O)OC)C(=O)OC1C(OC)=C[C@]23CCCN2CCc2cc4c(cc2[C@H]13)OCO4. The highest BCUT2D eigenvalue weighted by Crippen LogP contribution is 2.56. The molecule has 0 saturated carbocycles. The van der Waals surface area contributed by atoms with Gasteiger partial charge >= 0.3 is 11.9 Å². The van der Waals surface area contributed by atoms with Crippen LogP contribution < -0.4 is 9.47 Å². The maximum atomic E-state index is 14.0. The second-order valence-electron chi connectivity index (χ2n) is 11.6. The van der Waals surface area contributed by atoms with Crippen LogP contribution in [0, 0.1) is 5.92 Å². The third-order valence-corrected chi connectivity index (χ3v) is 9.03. The fraction of sp³-hybridized carbons (Fsp3) is 0.655. The molecule has 1 saturated heterocycles. The van der Waals surface area contributed by atoms with Crippen molar-refractivity contribution in [2.75, 3.05) is 34.1 Å². The van der Waals surface area contributed by atoms with Gasteiger partial charge in [-0.15, -0.1) is 0 Å². The summed E-state index contributed by atoms with van der Waals surface area (Å²) < 4.78 is 28.2. The van der Waals surface area contributed by atoms with E-state index in [0.29, 0.717) is 17.3 Å². The smallest absolute Gasteiger partial charge is 0.339 e. The molecule has 10 heteroatoms. The molecular formula is C29H39NO9. The summed E-state index contributed by atoms with van der Waals surface area (Å²) in [5.74, 6) is -1.29. The first-order valence-corrected chi connectivity index (χ1v) is 13.7. The summed E-state index contributed by atoms with van der Waals surface area (Å²) in [6, 6.07) is 3.98. The van der Waals surface area contributed by atoms with E-state index in [2.05, 4.69) is 11.0 Å². The van der Waals surface area contributed by atoms with E-state index in [1.165, 1.54) is 21.0 Å². The minimum absolute atomic E-state index is 0.149. The summed E-state index contributed by atoms with van der Waals surface area (Å²) in [7, 11) is 2.73. The van der Waals surface area contributed by atoms with Crippen molar-refractivity contribution < 1.29 is 43.5 Å². The van der Waals surface area contributed by atoms with Crippen molar-refractivity contribution in [3.8, 4) is 11.5 Å². The summed E-state index contributed by atoms with van der Waals surface area (Å²) in [6.45, 7) is 6.61. The Kier molecular flexibility index (Phi) is 7.10. The number of aliphatic hydroxyl groups is 2. The van der Waals surface area contributed by atoms with Crippen molar-refractivity contribution in [3.63, 3.8) is 0 Å². The number of carbonyl (C=O) groups is 2. The molecule has 0 aromatic heterocycles. The van der Waals surface area contributed by atoms with Crippen LogP contribution in [0.4, 0.5) is 0 Å². The Labute approximate surface area is 228 Å². The summed E-state index contributed by atoms with van der Waals surface area (Å²) >= 11 is 0. The first-order chi connectivity index (χ1) is 18.5. The average molecular weight is 546 g/mol. The van der Waals surface area contributed by atoms with Gasteiger partial charge in [0.05, 0.1) is 37.7 Å². The Morgan fingerprint density at radius 2 is 1.90 bits per heavy atom. The molecule has 5 rings (SSSR count). The number of carbonyl (C=O) groups excluding carboxylic acids is 2. The number of hydrogen-bond acceptors (Lipinski definition) is 10. The van der Waals surface area contributed by atoms with Crippen molar-refractivity contribution in [2.45, 2.75) is 81.6 Å². The molecular weight excluding hydrogens is 506 g/mol. The van der Waals surface area contributed by atoms with Crippen molar-refractivity contribution in [3.05, 3.63) is 35.1 Å². The van der Waals surface area contributed by atoms with E-state index in [9.17, 15) is 19.8 Å². The number of rotatable bonds is 8. The first kappa shape index (κ1) is 27.7. The van der Waals surface area contributed by atoms with E-state index in [1.807, 2.05) is 12.1 Å². The van der Waals surface area contributed by atoms with Crippen LogP contribution in [-0.4, -0.2) is 84.0 Å². The highest BCUT2D eigenvalue weighted by atomic mass is 16.7. The lowest BCUT2D eigenvalue weighted by atomic mass is 9.73. The molecule has 1 spiro atoms. The van der Waals surface area contributed by atoms with Gasteiger partial charge in [-0.05, 0) is 75.4 Å². The van der Waals surface area contributed by atoms with E-state index in [4.69, 9.17) is 23.7 Å². The monoisotopic (exact) mass is 545 g/mol. The zero-order valence-corrected chi connectivity index (χ0v) is 23.3. The largest absolute Gasteiger partial charge is 0.497 e. The standard InChI is InChI=1S/C29H39NO9/c1-6-22(27(2,3)33)29(34,15-23(31)36-5)26(32)39-25-21(35-4)14-28-9-7-10-30(28)11-8-17-12-19-20(38-16-37-19)13-18(17)24(25)28/h12-14,22,24-25,33-34H,6-11,15-16H2,1-5H3/t22?,24-,25?,28+,29+/m1/s1. The predicted octanol–water partition coefficient (Wildman–Crippen LogP) is 2.44. The number of benzene rings is 1. The van der Waals surface area contributed by atoms with Crippen molar-refractivity contribution in [1.29, 1.82) is 0 Å².